The fourth-order valence-corrected chi connectivity index (χ4v) is 2.98. The Morgan fingerprint density at radius 2 is 1.92 bits per heavy atom. The second-order valence-electron chi connectivity index (χ2n) is 5.02. The normalized spacial score (nSPS) is 10.4. The maximum atomic E-state index is 12.2. The van der Waals surface area contributed by atoms with E-state index in [1.165, 1.54) is 0 Å². The van der Waals surface area contributed by atoms with Crippen LogP contribution in [0.5, 0.6) is 5.75 Å². The van der Waals surface area contributed by atoms with Crippen LogP contribution in [0.1, 0.15) is 23.0 Å². The Morgan fingerprint density at radius 3 is 2.62 bits per heavy atom. The SMILES string of the molecule is CCOc1ccc(C(=O)NCc2csc(-c3ccncc3)n2)cc1. The molecule has 3 rings (SSSR count). The molecule has 0 atom stereocenters. The topological polar surface area (TPSA) is 64.1 Å². The van der Waals surface area contributed by atoms with Crippen LogP contribution in [0.15, 0.2) is 54.2 Å². The van der Waals surface area contributed by atoms with Crippen LogP contribution in [0, 0.1) is 0 Å². The lowest BCUT2D eigenvalue weighted by Crippen LogP contribution is -2.22. The molecule has 1 N–H and O–H groups in total. The molecule has 1 aromatic carbocycles. The van der Waals surface area contributed by atoms with Gasteiger partial charge in [-0.3, -0.25) is 9.78 Å². The van der Waals surface area contributed by atoms with E-state index in [1.807, 2.05) is 24.4 Å². The van der Waals surface area contributed by atoms with Crippen LogP contribution in [0.4, 0.5) is 0 Å². The summed E-state index contributed by atoms with van der Waals surface area (Å²) in [5.74, 6) is 0.632. The predicted octanol–water partition coefficient (Wildman–Crippen LogP) is 3.53. The zero-order valence-corrected chi connectivity index (χ0v) is 14.0. The van der Waals surface area contributed by atoms with Crippen LogP contribution in [-0.4, -0.2) is 22.5 Å². The van der Waals surface area contributed by atoms with Gasteiger partial charge in [-0.1, -0.05) is 0 Å². The molecule has 0 unspecified atom stereocenters. The minimum absolute atomic E-state index is 0.128. The zero-order valence-electron chi connectivity index (χ0n) is 13.2. The van der Waals surface area contributed by atoms with Gasteiger partial charge >= 0.3 is 0 Å². The molecule has 5 nitrogen and oxygen atoms in total. The summed E-state index contributed by atoms with van der Waals surface area (Å²) >= 11 is 1.55. The second-order valence-corrected chi connectivity index (χ2v) is 5.88. The summed E-state index contributed by atoms with van der Waals surface area (Å²) in [7, 11) is 0. The number of nitrogens with zero attached hydrogens (tertiary/aromatic N) is 2. The molecule has 0 saturated heterocycles. The standard InChI is InChI=1S/C18H17N3O2S/c1-2-23-16-5-3-13(4-6-16)17(22)20-11-15-12-24-18(21-15)14-7-9-19-10-8-14/h3-10,12H,2,11H2,1H3,(H,20,22). The van der Waals surface area contributed by atoms with Crippen LogP contribution in [0.25, 0.3) is 10.6 Å². The van der Waals surface area contributed by atoms with E-state index in [2.05, 4.69) is 15.3 Å². The van der Waals surface area contributed by atoms with Crippen molar-refractivity contribution in [3.8, 4) is 16.3 Å². The largest absolute Gasteiger partial charge is 0.494 e. The van der Waals surface area contributed by atoms with Crippen molar-refractivity contribution in [2.75, 3.05) is 6.61 Å². The number of carbonyl (C=O) groups is 1. The van der Waals surface area contributed by atoms with E-state index < -0.39 is 0 Å². The highest BCUT2D eigenvalue weighted by atomic mass is 32.1. The number of pyridine rings is 1. The number of thiazole rings is 1. The molecule has 3 aromatic rings. The van der Waals surface area contributed by atoms with Crippen molar-refractivity contribution in [2.24, 2.45) is 0 Å². The molecule has 0 fully saturated rings. The predicted molar refractivity (Wildman–Crippen MR) is 94.1 cm³/mol. The van der Waals surface area contributed by atoms with Gasteiger partial charge in [-0.25, -0.2) is 4.98 Å². The molecule has 0 aliphatic rings. The first-order chi connectivity index (χ1) is 11.8. The number of aromatic nitrogens is 2. The highest BCUT2D eigenvalue weighted by Gasteiger charge is 2.08. The van der Waals surface area contributed by atoms with Crippen molar-refractivity contribution < 1.29 is 9.53 Å². The first kappa shape index (κ1) is 16.1. The van der Waals surface area contributed by atoms with Crippen molar-refractivity contribution in [3.05, 3.63) is 65.4 Å². The third-order valence-corrected chi connectivity index (χ3v) is 4.28. The average Bonchev–Trinajstić information content (AvgIpc) is 3.10. The lowest BCUT2D eigenvalue weighted by atomic mass is 10.2. The summed E-state index contributed by atoms with van der Waals surface area (Å²) in [5.41, 5.74) is 2.47. The van der Waals surface area contributed by atoms with E-state index in [-0.39, 0.29) is 5.91 Å². The average molecular weight is 339 g/mol. The Hall–Kier alpha value is -2.73. The van der Waals surface area contributed by atoms with Crippen LogP contribution in [-0.2, 0) is 6.54 Å². The van der Waals surface area contributed by atoms with Crippen molar-refractivity contribution >= 4 is 17.2 Å². The fraction of sp³-hybridized carbons (Fsp3) is 0.167. The highest BCUT2D eigenvalue weighted by molar-refractivity contribution is 7.13. The number of ether oxygens (including phenoxy) is 1. The van der Waals surface area contributed by atoms with Gasteiger partial charge < -0.3 is 10.1 Å². The maximum absolute atomic E-state index is 12.2. The molecule has 0 spiro atoms. The van der Waals surface area contributed by atoms with Crippen LogP contribution in [0.2, 0.25) is 0 Å². The number of carbonyl (C=O) groups excluding carboxylic acids is 1. The first-order valence-electron chi connectivity index (χ1n) is 7.62. The maximum Gasteiger partial charge on any atom is 0.251 e. The molecular formula is C18H17N3O2S. The van der Waals surface area contributed by atoms with Crippen LogP contribution < -0.4 is 10.1 Å². The van der Waals surface area contributed by atoms with Gasteiger partial charge in [0.25, 0.3) is 5.91 Å². The Labute approximate surface area is 144 Å². The van der Waals surface area contributed by atoms with Gasteiger partial charge in [-0.05, 0) is 43.3 Å². The zero-order chi connectivity index (χ0) is 16.8. The van der Waals surface area contributed by atoms with E-state index in [1.54, 1.807) is 48.0 Å². The van der Waals surface area contributed by atoms with Crippen LogP contribution in [0.3, 0.4) is 0 Å². The smallest absolute Gasteiger partial charge is 0.251 e. The van der Waals surface area contributed by atoms with Gasteiger partial charge in [0.15, 0.2) is 0 Å². The highest BCUT2D eigenvalue weighted by Crippen LogP contribution is 2.22. The molecule has 24 heavy (non-hydrogen) atoms. The van der Waals surface area contributed by atoms with E-state index >= 15 is 0 Å². The lowest BCUT2D eigenvalue weighted by molar-refractivity contribution is 0.0950. The summed E-state index contributed by atoms with van der Waals surface area (Å²) in [6.45, 7) is 2.93. The van der Waals surface area contributed by atoms with Crippen molar-refractivity contribution in [2.45, 2.75) is 13.5 Å². The monoisotopic (exact) mass is 339 g/mol. The molecule has 0 bridgehead atoms. The van der Waals surface area contributed by atoms with E-state index in [0.29, 0.717) is 18.7 Å². The van der Waals surface area contributed by atoms with E-state index in [0.717, 1.165) is 22.0 Å². The molecule has 0 radical (unpaired) electrons. The van der Waals surface area contributed by atoms with Gasteiger partial charge in [0.2, 0.25) is 0 Å². The Kier molecular flexibility index (Phi) is 5.18. The number of rotatable bonds is 6. The van der Waals surface area contributed by atoms with Crippen molar-refractivity contribution in [3.63, 3.8) is 0 Å². The van der Waals surface area contributed by atoms with Crippen molar-refractivity contribution in [1.29, 1.82) is 0 Å². The Morgan fingerprint density at radius 1 is 1.17 bits per heavy atom. The van der Waals surface area contributed by atoms with Crippen LogP contribution >= 0.6 is 11.3 Å². The third-order valence-electron chi connectivity index (χ3n) is 3.34. The second kappa shape index (κ2) is 7.70. The first-order valence-corrected chi connectivity index (χ1v) is 8.50. The lowest BCUT2D eigenvalue weighted by Gasteiger charge is -2.05. The third kappa shape index (κ3) is 3.97. The number of hydrogen-bond donors (Lipinski definition) is 1. The summed E-state index contributed by atoms with van der Waals surface area (Å²) in [4.78, 5) is 20.7. The summed E-state index contributed by atoms with van der Waals surface area (Å²) < 4.78 is 5.37. The molecule has 0 aliphatic carbocycles. The molecule has 122 valence electrons. The number of benzene rings is 1. The molecule has 1 amide bonds. The summed E-state index contributed by atoms with van der Waals surface area (Å²) in [6, 6.07) is 10.9. The summed E-state index contributed by atoms with van der Waals surface area (Å²) in [6.07, 6.45) is 3.48. The van der Waals surface area contributed by atoms with Gasteiger partial charge in [-0.15, -0.1) is 11.3 Å². The number of nitrogens with one attached hydrogen (secondary N) is 1. The fourth-order valence-electron chi connectivity index (χ4n) is 2.16. The van der Waals surface area contributed by atoms with Gasteiger partial charge in [0.1, 0.15) is 10.8 Å². The Bertz CT molecular complexity index is 801. The quantitative estimate of drug-likeness (QED) is 0.746. The molecule has 2 heterocycles. The molecular weight excluding hydrogens is 322 g/mol. The van der Waals surface area contributed by atoms with Gasteiger partial charge in [-0.2, -0.15) is 0 Å². The summed E-state index contributed by atoms with van der Waals surface area (Å²) in [5, 5.41) is 5.76. The molecule has 2 aromatic heterocycles. The van der Waals surface area contributed by atoms with Gasteiger partial charge in [0.05, 0.1) is 18.8 Å². The number of amides is 1. The van der Waals surface area contributed by atoms with E-state index in [4.69, 9.17) is 4.74 Å². The minimum atomic E-state index is -0.128. The van der Waals surface area contributed by atoms with Gasteiger partial charge in [0, 0.05) is 28.9 Å². The Balaban J connectivity index is 1.59. The molecule has 0 saturated carbocycles. The molecule has 0 aliphatic heterocycles. The minimum Gasteiger partial charge on any atom is -0.494 e. The number of hydrogen-bond acceptors (Lipinski definition) is 5. The van der Waals surface area contributed by atoms with E-state index in [9.17, 15) is 4.79 Å². The van der Waals surface area contributed by atoms with Crippen molar-refractivity contribution in [1.82, 2.24) is 15.3 Å². The molecule has 6 heteroatoms.